The number of aromatic nitrogens is 5. The number of hydrogen-bond donors (Lipinski definition) is 2. The van der Waals surface area contributed by atoms with Crippen LogP contribution in [0.4, 0.5) is 17.6 Å². The average molecular weight is 526 g/mol. The molecule has 6 rings (SSSR count). The minimum absolute atomic E-state index is 0.000817. The van der Waals surface area contributed by atoms with Crippen LogP contribution in [0.15, 0.2) is 60.8 Å². The smallest absolute Gasteiger partial charge is 0.358 e. The summed E-state index contributed by atoms with van der Waals surface area (Å²) in [7, 11) is 0. The van der Waals surface area contributed by atoms with Gasteiger partial charge in [0.05, 0.1) is 47.3 Å². The molecule has 2 N–H and O–H groups in total. The van der Waals surface area contributed by atoms with E-state index < -0.39 is 35.5 Å². The maximum absolute atomic E-state index is 14.8. The summed E-state index contributed by atoms with van der Waals surface area (Å²) < 4.78 is 57.7. The van der Waals surface area contributed by atoms with Crippen LogP contribution in [0.5, 0.6) is 0 Å². The van der Waals surface area contributed by atoms with Crippen LogP contribution in [0, 0.1) is 5.82 Å². The zero-order valence-electron chi connectivity index (χ0n) is 19.4. The van der Waals surface area contributed by atoms with Gasteiger partial charge in [0, 0.05) is 19.3 Å². The lowest BCUT2D eigenvalue weighted by molar-refractivity contribution is -0.128. The number of fused-ring (bicyclic) bond motifs is 2. The second-order valence-corrected chi connectivity index (χ2v) is 8.75. The number of halogens is 4. The second kappa shape index (κ2) is 8.68. The van der Waals surface area contributed by atoms with Gasteiger partial charge < -0.3 is 20.1 Å². The van der Waals surface area contributed by atoms with E-state index in [1.807, 2.05) is 0 Å². The van der Waals surface area contributed by atoms with Crippen LogP contribution in [0.25, 0.3) is 22.4 Å². The van der Waals surface area contributed by atoms with Gasteiger partial charge in [-0.3, -0.25) is 9.59 Å². The first-order valence-electron chi connectivity index (χ1n) is 11.5. The largest absolute Gasteiger partial charge is 0.433 e. The minimum atomic E-state index is -4.65. The van der Waals surface area contributed by atoms with Crippen molar-refractivity contribution in [3.8, 4) is 5.82 Å². The van der Waals surface area contributed by atoms with Crippen molar-refractivity contribution in [1.82, 2.24) is 40.1 Å². The van der Waals surface area contributed by atoms with E-state index in [9.17, 15) is 27.2 Å². The summed E-state index contributed by atoms with van der Waals surface area (Å²) in [6, 6.07) is 8.16. The molecule has 2 aliphatic heterocycles. The Hall–Kier alpha value is -4.75. The Kier molecular flexibility index (Phi) is 5.40. The Morgan fingerprint density at radius 2 is 1.89 bits per heavy atom. The summed E-state index contributed by atoms with van der Waals surface area (Å²) in [4.78, 5) is 35.9. The van der Waals surface area contributed by atoms with E-state index in [-0.39, 0.29) is 47.6 Å². The second-order valence-electron chi connectivity index (χ2n) is 8.75. The highest BCUT2D eigenvalue weighted by Gasteiger charge is 2.47. The molecular formula is C24H18F4N8O2. The SMILES string of the molecule is O=C(C(=O)N1CCN2C(c3ccccc3)=C(C(F)(F)F)NC2C1)c1c[nH]c2c(-n3ccnn3)ncc(F)c12. The normalized spacial score (nSPS) is 17.6. The quantitative estimate of drug-likeness (QED) is 0.239. The zero-order valence-corrected chi connectivity index (χ0v) is 19.4. The van der Waals surface area contributed by atoms with Gasteiger partial charge in [0.1, 0.15) is 11.9 Å². The molecule has 14 heteroatoms. The van der Waals surface area contributed by atoms with Gasteiger partial charge >= 0.3 is 6.18 Å². The van der Waals surface area contributed by atoms with Crippen molar-refractivity contribution < 1.29 is 27.2 Å². The highest BCUT2D eigenvalue weighted by atomic mass is 19.4. The van der Waals surface area contributed by atoms with Crippen molar-refractivity contribution in [2.45, 2.75) is 12.3 Å². The van der Waals surface area contributed by atoms with Crippen molar-refractivity contribution in [2.75, 3.05) is 19.6 Å². The maximum atomic E-state index is 14.8. The summed E-state index contributed by atoms with van der Waals surface area (Å²) >= 11 is 0. The first-order valence-corrected chi connectivity index (χ1v) is 11.5. The summed E-state index contributed by atoms with van der Waals surface area (Å²) in [6.45, 7) is -0.124. The van der Waals surface area contributed by atoms with E-state index in [1.54, 1.807) is 35.2 Å². The number of aromatic amines is 1. The predicted octanol–water partition coefficient (Wildman–Crippen LogP) is 2.47. The van der Waals surface area contributed by atoms with E-state index in [0.29, 0.717) is 5.56 Å². The van der Waals surface area contributed by atoms with Crippen molar-refractivity contribution >= 4 is 28.3 Å². The molecule has 38 heavy (non-hydrogen) atoms. The van der Waals surface area contributed by atoms with E-state index >= 15 is 0 Å². The van der Waals surface area contributed by atoms with E-state index in [0.717, 1.165) is 6.20 Å². The fourth-order valence-electron chi connectivity index (χ4n) is 4.89. The number of hydrogen-bond acceptors (Lipinski definition) is 7. The number of alkyl halides is 3. The van der Waals surface area contributed by atoms with Gasteiger partial charge in [-0.1, -0.05) is 35.5 Å². The Balaban J connectivity index is 1.27. The average Bonchev–Trinajstić information content (AvgIpc) is 3.67. The van der Waals surface area contributed by atoms with Crippen molar-refractivity contribution in [1.29, 1.82) is 0 Å². The first kappa shape index (κ1) is 23.6. The van der Waals surface area contributed by atoms with Gasteiger partial charge in [-0.15, -0.1) is 5.10 Å². The number of piperazine rings is 1. The van der Waals surface area contributed by atoms with Gasteiger partial charge in [-0.05, 0) is 5.56 Å². The van der Waals surface area contributed by atoms with Gasteiger partial charge in [-0.25, -0.2) is 14.1 Å². The molecule has 2 aliphatic rings. The Bertz CT molecular complexity index is 1580. The van der Waals surface area contributed by atoms with E-state index in [1.165, 1.54) is 28.2 Å². The lowest BCUT2D eigenvalue weighted by Crippen LogP contribution is -2.57. The number of carbonyl (C=O) groups is 2. The van der Waals surface area contributed by atoms with Crippen molar-refractivity contribution in [3.05, 3.63) is 77.8 Å². The predicted molar refractivity (Wildman–Crippen MR) is 125 cm³/mol. The summed E-state index contributed by atoms with van der Waals surface area (Å²) in [5.74, 6) is -2.60. The molecule has 10 nitrogen and oxygen atoms in total. The van der Waals surface area contributed by atoms with E-state index in [2.05, 4.69) is 25.6 Å². The molecule has 0 saturated carbocycles. The lowest BCUT2D eigenvalue weighted by Gasteiger charge is -2.39. The fraction of sp³-hybridized carbons (Fsp3) is 0.208. The van der Waals surface area contributed by atoms with Crippen molar-refractivity contribution in [3.63, 3.8) is 0 Å². The summed E-state index contributed by atoms with van der Waals surface area (Å²) in [5, 5.41) is 9.84. The minimum Gasteiger partial charge on any atom is -0.358 e. The van der Waals surface area contributed by atoms with Crippen LogP contribution in [0.1, 0.15) is 15.9 Å². The number of nitrogens with one attached hydrogen (secondary N) is 2. The molecule has 1 saturated heterocycles. The van der Waals surface area contributed by atoms with Gasteiger partial charge in [0.15, 0.2) is 11.6 Å². The molecule has 5 heterocycles. The molecule has 1 atom stereocenters. The van der Waals surface area contributed by atoms with Crippen LogP contribution in [0.3, 0.4) is 0 Å². The van der Waals surface area contributed by atoms with Crippen LogP contribution < -0.4 is 5.32 Å². The van der Waals surface area contributed by atoms with Crippen LogP contribution in [-0.4, -0.2) is 78.4 Å². The molecule has 0 bridgehead atoms. The lowest BCUT2D eigenvalue weighted by atomic mass is 10.1. The molecule has 3 aromatic heterocycles. The number of pyridine rings is 1. The number of Topliss-reactive ketones (excluding diaryl/α,β-unsaturated/α-hetero) is 1. The highest BCUT2D eigenvalue weighted by Crippen LogP contribution is 2.39. The highest BCUT2D eigenvalue weighted by molar-refractivity contribution is 6.45. The first-order chi connectivity index (χ1) is 18.2. The number of rotatable bonds is 4. The van der Waals surface area contributed by atoms with E-state index in [4.69, 9.17) is 0 Å². The molecule has 4 aromatic rings. The van der Waals surface area contributed by atoms with Crippen LogP contribution in [0.2, 0.25) is 0 Å². The molecule has 1 amide bonds. The number of amides is 1. The summed E-state index contributed by atoms with van der Waals surface area (Å²) in [6.07, 6.45) is -0.551. The van der Waals surface area contributed by atoms with Gasteiger partial charge in [0.2, 0.25) is 0 Å². The number of nitrogens with zero attached hydrogens (tertiary/aromatic N) is 6. The number of allylic oxidation sites excluding steroid dienone is 1. The number of ketones is 1. The molecule has 0 spiro atoms. The van der Waals surface area contributed by atoms with Gasteiger partial charge in [-0.2, -0.15) is 13.2 Å². The zero-order chi connectivity index (χ0) is 26.6. The number of carbonyl (C=O) groups excluding carboxylic acids is 2. The monoisotopic (exact) mass is 526 g/mol. The number of benzene rings is 1. The third kappa shape index (κ3) is 3.76. The summed E-state index contributed by atoms with van der Waals surface area (Å²) in [5.41, 5.74) is -0.598. The third-order valence-corrected chi connectivity index (χ3v) is 6.55. The molecule has 0 aliphatic carbocycles. The maximum Gasteiger partial charge on any atom is 0.433 e. The van der Waals surface area contributed by atoms with Crippen LogP contribution >= 0.6 is 0 Å². The topological polar surface area (TPSA) is 112 Å². The van der Waals surface area contributed by atoms with Gasteiger partial charge in [0.25, 0.3) is 11.7 Å². The molecule has 0 radical (unpaired) electrons. The van der Waals surface area contributed by atoms with Crippen molar-refractivity contribution in [2.24, 2.45) is 0 Å². The molecular weight excluding hydrogens is 508 g/mol. The Labute approximate surface area is 211 Å². The van der Waals surface area contributed by atoms with Crippen LogP contribution in [-0.2, 0) is 4.79 Å². The standard InChI is InChI=1S/C24H18F4N8O2/c25-15-11-30-22(36-7-6-31-33-36)18-17(15)14(10-29-18)20(37)23(38)34-8-9-35-16(12-34)32-21(24(26,27)28)19(35)13-4-2-1-3-5-13/h1-7,10-11,16,29,32H,8-9,12H2. The fourth-order valence-corrected chi connectivity index (χ4v) is 4.89. The molecule has 1 aromatic carbocycles. The number of H-pyrrole nitrogens is 1. The molecule has 194 valence electrons. The molecule has 1 unspecified atom stereocenters. The third-order valence-electron chi connectivity index (χ3n) is 6.55. The Morgan fingerprint density at radius 3 is 2.61 bits per heavy atom. The molecule has 1 fully saturated rings. The Morgan fingerprint density at radius 1 is 1.11 bits per heavy atom.